The van der Waals surface area contributed by atoms with Crippen molar-refractivity contribution in [3.8, 4) is 5.75 Å². The third-order valence-electron chi connectivity index (χ3n) is 4.00. The highest BCUT2D eigenvalue weighted by atomic mass is 35.5. The molecule has 5 heteroatoms. The van der Waals surface area contributed by atoms with E-state index in [1.165, 1.54) is 0 Å². The van der Waals surface area contributed by atoms with Crippen molar-refractivity contribution in [2.45, 2.75) is 25.8 Å². The zero-order valence-electron chi connectivity index (χ0n) is 12.0. The van der Waals surface area contributed by atoms with Crippen LogP contribution in [0.15, 0.2) is 18.2 Å². The molecule has 1 aliphatic rings. The zero-order chi connectivity index (χ0) is 14.9. The molecule has 0 amide bonds. The Balaban J connectivity index is 2.31. The second-order valence-electron chi connectivity index (χ2n) is 5.49. The van der Waals surface area contributed by atoms with Gasteiger partial charge in [-0.05, 0) is 31.5 Å². The lowest BCUT2D eigenvalue weighted by molar-refractivity contribution is -0.141. The van der Waals surface area contributed by atoms with Gasteiger partial charge in [-0.3, -0.25) is 9.69 Å². The van der Waals surface area contributed by atoms with Gasteiger partial charge in [0.1, 0.15) is 5.75 Å². The van der Waals surface area contributed by atoms with E-state index in [1.54, 1.807) is 13.2 Å². The number of methoxy groups -OCH3 is 1. The smallest absolute Gasteiger partial charge is 0.308 e. The van der Waals surface area contributed by atoms with E-state index in [1.807, 2.05) is 12.1 Å². The van der Waals surface area contributed by atoms with Crippen molar-refractivity contribution >= 4 is 17.6 Å². The van der Waals surface area contributed by atoms with E-state index in [9.17, 15) is 9.90 Å². The van der Waals surface area contributed by atoms with E-state index >= 15 is 0 Å². The fraction of sp³-hybridized carbons (Fsp3) is 0.533. The maximum Gasteiger partial charge on any atom is 0.308 e. The maximum atomic E-state index is 11.5. The standard InChI is InChI=1S/C15H20ClNO3/c1-9(2)17-7-11(12(8-17)15(18)19)10-4-5-13(16)14(6-10)20-3/h4-6,9,11-12H,7-8H2,1-3H3,(H,18,19). The van der Waals surface area contributed by atoms with Crippen LogP contribution in [0.3, 0.4) is 0 Å². The number of carboxylic acid groups (broad SMARTS) is 1. The number of rotatable bonds is 4. The second kappa shape index (κ2) is 6.02. The summed E-state index contributed by atoms with van der Waals surface area (Å²) >= 11 is 6.03. The highest BCUT2D eigenvalue weighted by Gasteiger charge is 2.39. The summed E-state index contributed by atoms with van der Waals surface area (Å²) < 4.78 is 5.22. The van der Waals surface area contributed by atoms with Crippen molar-refractivity contribution in [2.75, 3.05) is 20.2 Å². The Morgan fingerprint density at radius 1 is 1.45 bits per heavy atom. The van der Waals surface area contributed by atoms with Crippen LogP contribution in [0.25, 0.3) is 0 Å². The monoisotopic (exact) mass is 297 g/mol. The van der Waals surface area contributed by atoms with Crippen molar-refractivity contribution in [1.82, 2.24) is 4.90 Å². The summed E-state index contributed by atoms with van der Waals surface area (Å²) in [5, 5.41) is 9.99. The summed E-state index contributed by atoms with van der Waals surface area (Å²) in [4.78, 5) is 13.7. The van der Waals surface area contributed by atoms with Crippen molar-refractivity contribution in [1.29, 1.82) is 0 Å². The summed E-state index contributed by atoms with van der Waals surface area (Å²) in [6, 6.07) is 5.87. The SMILES string of the molecule is COc1cc(C2CN(C(C)C)CC2C(=O)O)ccc1Cl. The lowest BCUT2D eigenvalue weighted by atomic mass is 9.89. The average Bonchev–Trinajstić information content (AvgIpc) is 2.84. The zero-order valence-corrected chi connectivity index (χ0v) is 12.7. The first-order valence-electron chi connectivity index (χ1n) is 6.74. The van der Waals surface area contributed by atoms with Crippen LogP contribution in [0.2, 0.25) is 5.02 Å². The molecule has 1 aromatic rings. The van der Waals surface area contributed by atoms with E-state index in [4.69, 9.17) is 16.3 Å². The lowest BCUT2D eigenvalue weighted by Crippen LogP contribution is -2.29. The lowest BCUT2D eigenvalue weighted by Gasteiger charge is -2.20. The molecule has 0 radical (unpaired) electrons. The van der Waals surface area contributed by atoms with Gasteiger partial charge in [0.2, 0.25) is 0 Å². The molecule has 1 aromatic carbocycles. The first-order valence-corrected chi connectivity index (χ1v) is 7.12. The molecular weight excluding hydrogens is 278 g/mol. The van der Waals surface area contributed by atoms with Gasteiger partial charge in [0.25, 0.3) is 0 Å². The summed E-state index contributed by atoms with van der Waals surface area (Å²) in [7, 11) is 1.56. The second-order valence-corrected chi connectivity index (χ2v) is 5.90. The largest absolute Gasteiger partial charge is 0.495 e. The van der Waals surface area contributed by atoms with Gasteiger partial charge in [0.15, 0.2) is 0 Å². The molecule has 2 unspecified atom stereocenters. The molecule has 0 spiro atoms. The normalized spacial score (nSPS) is 23.2. The molecule has 20 heavy (non-hydrogen) atoms. The highest BCUT2D eigenvalue weighted by molar-refractivity contribution is 6.32. The number of hydrogen-bond acceptors (Lipinski definition) is 3. The number of benzene rings is 1. The molecule has 1 saturated heterocycles. The highest BCUT2D eigenvalue weighted by Crippen LogP contribution is 2.37. The van der Waals surface area contributed by atoms with E-state index in [2.05, 4.69) is 18.7 Å². The Bertz CT molecular complexity index is 504. The summed E-state index contributed by atoms with van der Waals surface area (Å²) in [5.74, 6) is -0.562. The first-order chi connectivity index (χ1) is 9.43. The molecule has 110 valence electrons. The van der Waals surface area contributed by atoms with Crippen molar-refractivity contribution in [3.05, 3.63) is 28.8 Å². The molecule has 0 aliphatic carbocycles. The molecule has 0 aromatic heterocycles. The molecule has 4 nitrogen and oxygen atoms in total. The van der Waals surface area contributed by atoms with E-state index < -0.39 is 5.97 Å². The number of carboxylic acids is 1. The van der Waals surface area contributed by atoms with Crippen molar-refractivity contribution < 1.29 is 14.6 Å². The number of nitrogens with zero attached hydrogens (tertiary/aromatic N) is 1. The van der Waals surface area contributed by atoms with E-state index in [0.29, 0.717) is 23.4 Å². The van der Waals surface area contributed by atoms with Crippen LogP contribution in [0.4, 0.5) is 0 Å². The van der Waals surface area contributed by atoms with Crippen molar-refractivity contribution in [3.63, 3.8) is 0 Å². The third kappa shape index (κ3) is 2.91. The predicted molar refractivity (Wildman–Crippen MR) is 78.6 cm³/mol. The van der Waals surface area contributed by atoms with Gasteiger partial charge < -0.3 is 9.84 Å². The maximum absolute atomic E-state index is 11.5. The number of hydrogen-bond donors (Lipinski definition) is 1. The third-order valence-corrected chi connectivity index (χ3v) is 4.31. The molecule has 1 fully saturated rings. The number of halogens is 1. The van der Waals surface area contributed by atoms with Gasteiger partial charge in [-0.15, -0.1) is 0 Å². The van der Waals surface area contributed by atoms with Crippen LogP contribution < -0.4 is 4.74 Å². The molecule has 2 rings (SSSR count). The van der Waals surface area contributed by atoms with Crippen molar-refractivity contribution in [2.24, 2.45) is 5.92 Å². The van der Waals surface area contributed by atoms with Crippen LogP contribution in [0.1, 0.15) is 25.3 Å². The van der Waals surface area contributed by atoms with Crippen LogP contribution in [0, 0.1) is 5.92 Å². The minimum atomic E-state index is -0.743. The summed E-state index contributed by atoms with van der Waals surface area (Å²) in [6.07, 6.45) is 0. The van der Waals surface area contributed by atoms with Gasteiger partial charge in [-0.1, -0.05) is 17.7 Å². The van der Waals surface area contributed by atoms with Crippen LogP contribution in [-0.4, -0.2) is 42.2 Å². The number of ether oxygens (including phenoxy) is 1. The fourth-order valence-corrected chi connectivity index (χ4v) is 2.95. The Hall–Kier alpha value is -1.26. The van der Waals surface area contributed by atoms with Crippen LogP contribution in [-0.2, 0) is 4.79 Å². The molecular formula is C15H20ClNO3. The van der Waals surface area contributed by atoms with Gasteiger partial charge in [-0.25, -0.2) is 0 Å². The minimum absolute atomic E-state index is 0.0268. The average molecular weight is 298 g/mol. The van der Waals surface area contributed by atoms with Crippen LogP contribution in [0.5, 0.6) is 5.75 Å². The first kappa shape index (κ1) is 15.1. The molecule has 1 heterocycles. The quantitative estimate of drug-likeness (QED) is 0.928. The van der Waals surface area contributed by atoms with Gasteiger partial charge in [-0.2, -0.15) is 0 Å². The molecule has 1 aliphatic heterocycles. The Morgan fingerprint density at radius 3 is 2.70 bits per heavy atom. The number of aliphatic carboxylic acids is 1. The van der Waals surface area contributed by atoms with Crippen LogP contribution >= 0.6 is 11.6 Å². The summed E-state index contributed by atoms with van der Waals surface area (Å²) in [5.41, 5.74) is 0.974. The minimum Gasteiger partial charge on any atom is -0.495 e. The Labute approximate surface area is 124 Å². The fourth-order valence-electron chi connectivity index (χ4n) is 2.75. The van der Waals surface area contributed by atoms with E-state index in [0.717, 1.165) is 12.1 Å². The number of likely N-dealkylation sites (tertiary alicyclic amines) is 1. The molecule has 0 bridgehead atoms. The summed E-state index contributed by atoms with van der Waals surface area (Å²) in [6.45, 7) is 5.51. The molecule has 0 saturated carbocycles. The van der Waals surface area contributed by atoms with E-state index in [-0.39, 0.29) is 11.8 Å². The predicted octanol–water partition coefficient (Wildman–Crippen LogP) is 2.86. The van der Waals surface area contributed by atoms with Gasteiger partial charge >= 0.3 is 5.97 Å². The Kier molecular flexibility index (Phi) is 4.55. The molecule has 2 atom stereocenters. The molecule has 1 N–H and O–H groups in total. The van der Waals surface area contributed by atoms with Gasteiger partial charge in [0.05, 0.1) is 18.1 Å². The van der Waals surface area contributed by atoms with Gasteiger partial charge in [0, 0.05) is 25.0 Å². The number of carbonyl (C=O) groups is 1. The topological polar surface area (TPSA) is 49.8 Å². The Morgan fingerprint density at radius 2 is 2.15 bits per heavy atom.